The second-order valence-electron chi connectivity index (χ2n) is 4.23. The predicted octanol–water partition coefficient (Wildman–Crippen LogP) is 1.69. The van der Waals surface area contributed by atoms with E-state index in [-0.39, 0.29) is 18.0 Å². The smallest absolute Gasteiger partial charge is 0.152 e. The monoisotopic (exact) mass is 249 g/mol. The first-order chi connectivity index (χ1) is 8.63. The Kier molecular flexibility index (Phi) is 6.25. The quantitative estimate of drug-likeness (QED) is 0.712. The van der Waals surface area contributed by atoms with E-state index in [1.165, 1.54) is 14.0 Å². The molecule has 0 heterocycles. The molecule has 0 bridgehead atoms. The van der Waals surface area contributed by atoms with Gasteiger partial charge in [0.15, 0.2) is 5.78 Å². The zero-order valence-corrected chi connectivity index (χ0v) is 10.8. The highest BCUT2D eigenvalue weighted by atomic mass is 16.6. The van der Waals surface area contributed by atoms with Gasteiger partial charge in [-0.3, -0.25) is 9.59 Å². The van der Waals surface area contributed by atoms with E-state index in [9.17, 15) is 9.59 Å². The lowest BCUT2D eigenvalue weighted by Gasteiger charge is -2.14. The van der Waals surface area contributed by atoms with Gasteiger partial charge in [0.1, 0.15) is 5.78 Å². The summed E-state index contributed by atoms with van der Waals surface area (Å²) < 4.78 is 0. The van der Waals surface area contributed by atoms with E-state index in [4.69, 9.17) is 4.84 Å². The number of carbonyl (C=O) groups excluding carboxylic acids is 2. The molecule has 0 aliphatic rings. The van der Waals surface area contributed by atoms with E-state index >= 15 is 0 Å². The number of carbonyl (C=O) groups is 2. The maximum atomic E-state index is 11.9. The van der Waals surface area contributed by atoms with Crippen LogP contribution in [0.3, 0.4) is 0 Å². The molecule has 0 spiro atoms. The third-order valence-corrected chi connectivity index (χ3v) is 2.64. The predicted molar refractivity (Wildman–Crippen MR) is 69.0 cm³/mol. The van der Waals surface area contributed by atoms with E-state index in [1.54, 1.807) is 0 Å². The van der Waals surface area contributed by atoms with Crippen molar-refractivity contribution in [2.45, 2.75) is 32.2 Å². The van der Waals surface area contributed by atoms with E-state index in [0.29, 0.717) is 12.8 Å². The van der Waals surface area contributed by atoms with Crippen LogP contribution < -0.4 is 5.48 Å². The lowest BCUT2D eigenvalue weighted by atomic mass is 10.0. The molecule has 0 aliphatic heterocycles. The minimum absolute atomic E-state index is 0.00379. The Balaban J connectivity index is 2.48. The van der Waals surface area contributed by atoms with Crippen molar-refractivity contribution in [2.24, 2.45) is 0 Å². The Bertz CT molecular complexity index is 389. The molecule has 1 unspecified atom stereocenters. The second-order valence-corrected chi connectivity index (χ2v) is 4.23. The van der Waals surface area contributed by atoms with Crippen molar-refractivity contribution >= 4 is 11.6 Å². The Morgan fingerprint density at radius 1 is 1.28 bits per heavy atom. The molecule has 1 N–H and O–H groups in total. The van der Waals surface area contributed by atoms with Crippen molar-refractivity contribution in [3.05, 3.63) is 35.9 Å². The minimum atomic E-state index is -0.545. The fraction of sp³-hybridized carbons (Fsp3) is 0.429. The molecule has 4 heteroatoms. The number of aryl methyl sites for hydroxylation is 1. The van der Waals surface area contributed by atoms with Gasteiger partial charge < -0.3 is 4.84 Å². The minimum Gasteiger partial charge on any atom is -0.304 e. The van der Waals surface area contributed by atoms with Gasteiger partial charge in [0.25, 0.3) is 0 Å². The van der Waals surface area contributed by atoms with Crippen LogP contribution >= 0.6 is 0 Å². The normalized spacial score (nSPS) is 12.1. The maximum absolute atomic E-state index is 11.9. The van der Waals surface area contributed by atoms with Crippen molar-refractivity contribution in [1.82, 2.24) is 5.48 Å². The summed E-state index contributed by atoms with van der Waals surface area (Å²) in [4.78, 5) is 27.8. The number of benzene rings is 1. The topological polar surface area (TPSA) is 55.4 Å². The van der Waals surface area contributed by atoms with E-state index < -0.39 is 6.04 Å². The third-order valence-electron chi connectivity index (χ3n) is 2.64. The number of ketones is 2. The molecular formula is C14H19NO3. The van der Waals surface area contributed by atoms with Gasteiger partial charge in [-0.05, 0) is 18.9 Å². The van der Waals surface area contributed by atoms with Crippen molar-refractivity contribution in [2.75, 3.05) is 7.11 Å². The zero-order valence-electron chi connectivity index (χ0n) is 10.8. The molecular weight excluding hydrogens is 230 g/mol. The molecule has 1 aromatic rings. The molecule has 4 nitrogen and oxygen atoms in total. The number of rotatable bonds is 8. The van der Waals surface area contributed by atoms with Crippen molar-refractivity contribution in [3.63, 3.8) is 0 Å². The first-order valence-corrected chi connectivity index (χ1v) is 5.98. The summed E-state index contributed by atoms with van der Waals surface area (Å²) in [5, 5.41) is 0. The molecule has 1 aromatic carbocycles. The summed E-state index contributed by atoms with van der Waals surface area (Å²) in [7, 11) is 1.44. The van der Waals surface area contributed by atoms with Crippen LogP contribution in [0.1, 0.15) is 25.3 Å². The average molecular weight is 249 g/mol. The Labute approximate surface area is 107 Å². The summed E-state index contributed by atoms with van der Waals surface area (Å²) in [6.07, 6.45) is 1.25. The molecule has 1 rings (SSSR count). The lowest BCUT2D eigenvalue weighted by molar-refractivity contribution is -0.128. The highest BCUT2D eigenvalue weighted by Crippen LogP contribution is 2.06. The van der Waals surface area contributed by atoms with Gasteiger partial charge in [-0.25, -0.2) is 0 Å². The van der Waals surface area contributed by atoms with E-state index in [0.717, 1.165) is 5.56 Å². The highest BCUT2D eigenvalue weighted by Gasteiger charge is 2.19. The number of nitrogens with one attached hydrogen (secondary N) is 1. The van der Waals surface area contributed by atoms with E-state index in [2.05, 4.69) is 5.48 Å². The molecule has 0 radical (unpaired) electrons. The fourth-order valence-electron chi connectivity index (χ4n) is 1.74. The first-order valence-electron chi connectivity index (χ1n) is 5.98. The van der Waals surface area contributed by atoms with Gasteiger partial charge in [-0.15, -0.1) is 0 Å². The highest BCUT2D eigenvalue weighted by molar-refractivity contribution is 5.89. The van der Waals surface area contributed by atoms with Crippen molar-refractivity contribution in [1.29, 1.82) is 0 Å². The van der Waals surface area contributed by atoms with Crippen LogP contribution in [0, 0.1) is 0 Å². The van der Waals surface area contributed by atoms with Gasteiger partial charge >= 0.3 is 0 Å². The number of Topliss-reactive ketones (excluding diaryl/α,β-unsaturated/α-hetero) is 2. The van der Waals surface area contributed by atoms with Crippen LogP contribution in [-0.4, -0.2) is 24.7 Å². The molecule has 0 amide bonds. The molecule has 98 valence electrons. The van der Waals surface area contributed by atoms with Crippen LogP contribution in [0.4, 0.5) is 0 Å². The zero-order chi connectivity index (χ0) is 13.4. The first kappa shape index (κ1) is 14.5. The average Bonchev–Trinajstić information content (AvgIpc) is 2.36. The summed E-state index contributed by atoms with van der Waals surface area (Å²) in [5.41, 5.74) is 3.70. The Hall–Kier alpha value is -1.52. The molecule has 1 atom stereocenters. The van der Waals surface area contributed by atoms with E-state index in [1.807, 2.05) is 30.3 Å². The number of hydrogen-bond donors (Lipinski definition) is 1. The fourth-order valence-corrected chi connectivity index (χ4v) is 1.74. The van der Waals surface area contributed by atoms with Crippen molar-refractivity contribution in [3.8, 4) is 0 Å². The second kappa shape index (κ2) is 7.74. The standard InChI is InChI=1S/C14H19NO3/c1-11(16)10-13(15-18-2)14(17)9-8-12-6-4-3-5-7-12/h3-7,13,15H,8-10H2,1-2H3. The molecule has 0 saturated heterocycles. The molecule has 0 saturated carbocycles. The van der Waals surface area contributed by atoms with Crippen molar-refractivity contribution < 1.29 is 14.4 Å². The van der Waals surface area contributed by atoms with Crippen LogP contribution in [0.5, 0.6) is 0 Å². The van der Waals surface area contributed by atoms with Crippen LogP contribution in [0.2, 0.25) is 0 Å². The lowest BCUT2D eigenvalue weighted by Crippen LogP contribution is -2.37. The van der Waals surface area contributed by atoms with Crippen LogP contribution in [0.15, 0.2) is 30.3 Å². The molecule has 18 heavy (non-hydrogen) atoms. The Morgan fingerprint density at radius 2 is 1.94 bits per heavy atom. The van der Waals surface area contributed by atoms with Gasteiger partial charge in [-0.1, -0.05) is 30.3 Å². The molecule has 0 aromatic heterocycles. The van der Waals surface area contributed by atoms with Gasteiger partial charge in [-0.2, -0.15) is 5.48 Å². The summed E-state index contributed by atoms with van der Waals surface area (Å²) in [6.45, 7) is 1.47. The summed E-state index contributed by atoms with van der Waals surface area (Å²) in [5.74, 6) is -0.0338. The largest absolute Gasteiger partial charge is 0.304 e. The van der Waals surface area contributed by atoms with Gasteiger partial charge in [0.2, 0.25) is 0 Å². The maximum Gasteiger partial charge on any atom is 0.152 e. The number of hydroxylamine groups is 1. The Morgan fingerprint density at radius 3 is 2.50 bits per heavy atom. The molecule has 0 fully saturated rings. The SMILES string of the molecule is CONC(CC(C)=O)C(=O)CCc1ccccc1. The third kappa shape index (κ3) is 5.21. The molecule has 0 aliphatic carbocycles. The number of hydrogen-bond acceptors (Lipinski definition) is 4. The summed E-state index contributed by atoms with van der Waals surface area (Å²) in [6, 6.07) is 9.25. The van der Waals surface area contributed by atoms with Crippen LogP contribution in [-0.2, 0) is 20.8 Å². The van der Waals surface area contributed by atoms with Crippen LogP contribution in [0.25, 0.3) is 0 Å². The van der Waals surface area contributed by atoms with Gasteiger partial charge in [0.05, 0.1) is 13.2 Å². The summed E-state index contributed by atoms with van der Waals surface area (Å²) >= 11 is 0. The van der Waals surface area contributed by atoms with Gasteiger partial charge in [0, 0.05) is 12.8 Å².